The van der Waals surface area contributed by atoms with Gasteiger partial charge >= 0.3 is 0 Å². The third kappa shape index (κ3) is 3.71. The third-order valence-corrected chi connectivity index (χ3v) is 9.13. The van der Waals surface area contributed by atoms with Gasteiger partial charge in [0.25, 0.3) is 5.78 Å². The number of sulfonamides is 1. The Morgan fingerprint density at radius 3 is 2.37 bits per heavy atom. The van der Waals surface area contributed by atoms with Crippen LogP contribution in [0.25, 0.3) is 16.6 Å². The number of benzene rings is 3. The number of nitrogens with one attached hydrogen (secondary N) is 1. The Balaban J connectivity index is 1.47. The Labute approximate surface area is 207 Å². The van der Waals surface area contributed by atoms with Crippen molar-refractivity contribution in [3.05, 3.63) is 94.8 Å². The van der Waals surface area contributed by atoms with Gasteiger partial charge in [-0.05, 0) is 60.9 Å². The maximum Gasteiger partial charge on any atom is 0.256 e. The molecular formula is C26H23N5O2S2. The normalized spacial score (nSPS) is 17.5. The first-order chi connectivity index (χ1) is 16.8. The number of fused-ring (bicyclic) bond motifs is 1. The van der Waals surface area contributed by atoms with E-state index in [4.69, 9.17) is 0 Å². The summed E-state index contributed by atoms with van der Waals surface area (Å²) >= 11 is 1.51. The molecule has 0 spiro atoms. The van der Waals surface area contributed by atoms with Gasteiger partial charge in [-0.3, -0.25) is 4.40 Å². The Bertz CT molecular complexity index is 1710. The smallest absolute Gasteiger partial charge is 0.256 e. The molecule has 0 saturated carbocycles. The van der Waals surface area contributed by atoms with Gasteiger partial charge in [0.2, 0.25) is 10.0 Å². The van der Waals surface area contributed by atoms with Crippen LogP contribution >= 0.6 is 11.8 Å². The second kappa shape index (κ2) is 8.15. The lowest BCUT2D eigenvalue weighted by atomic mass is 10.1. The highest BCUT2D eigenvalue weighted by Crippen LogP contribution is 2.53. The fraction of sp³-hybridized carbons (Fsp3) is 0.192. The first-order valence-corrected chi connectivity index (χ1v) is 13.6. The fourth-order valence-electron chi connectivity index (χ4n) is 4.84. The van der Waals surface area contributed by atoms with E-state index in [1.807, 2.05) is 61.6 Å². The van der Waals surface area contributed by atoms with E-state index in [9.17, 15) is 8.42 Å². The molecule has 0 radical (unpaired) electrons. The van der Waals surface area contributed by atoms with Gasteiger partial charge < -0.3 is 0 Å². The molecule has 1 N–H and O–H groups in total. The summed E-state index contributed by atoms with van der Waals surface area (Å²) in [6.07, 6.45) is 0. The molecule has 7 nitrogen and oxygen atoms in total. The van der Waals surface area contributed by atoms with Crippen molar-refractivity contribution in [1.29, 1.82) is 0 Å². The molecule has 35 heavy (non-hydrogen) atoms. The van der Waals surface area contributed by atoms with Crippen molar-refractivity contribution in [3.8, 4) is 0 Å². The summed E-state index contributed by atoms with van der Waals surface area (Å²) in [4.78, 5) is 4.75. The molecular weight excluding hydrogens is 478 g/mol. The van der Waals surface area contributed by atoms with Gasteiger partial charge in [-0.2, -0.15) is 0 Å². The molecule has 6 rings (SSSR count). The van der Waals surface area contributed by atoms with Crippen molar-refractivity contribution >= 4 is 38.3 Å². The molecule has 1 aliphatic carbocycles. The SMILES string of the molecule is Cc1ccc(S(=O)(=O)N[C@H]2c3cccc4cccc(c34)[C@H]2Sc2nnc3nc(C)cc(C)n23)cc1. The molecule has 2 aromatic heterocycles. The molecule has 0 aliphatic heterocycles. The highest BCUT2D eigenvalue weighted by atomic mass is 32.2. The summed E-state index contributed by atoms with van der Waals surface area (Å²) in [7, 11) is -3.76. The predicted octanol–water partition coefficient (Wildman–Crippen LogP) is 5.07. The van der Waals surface area contributed by atoms with Crippen molar-refractivity contribution in [2.24, 2.45) is 0 Å². The number of aryl methyl sites for hydroxylation is 3. The zero-order valence-electron chi connectivity index (χ0n) is 19.4. The van der Waals surface area contributed by atoms with Crippen LogP contribution in [-0.2, 0) is 10.0 Å². The molecule has 1 aliphatic rings. The van der Waals surface area contributed by atoms with Gasteiger partial charge in [0.1, 0.15) is 0 Å². The number of thioether (sulfide) groups is 1. The van der Waals surface area contributed by atoms with Gasteiger partial charge in [0, 0.05) is 11.4 Å². The second-order valence-electron chi connectivity index (χ2n) is 8.90. The summed E-state index contributed by atoms with van der Waals surface area (Å²) < 4.78 is 31.8. The van der Waals surface area contributed by atoms with Crippen LogP contribution in [0.3, 0.4) is 0 Å². The molecule has 9 heteroatoms. The monoisotopic (exact) mass is 501 g/mol. The van der Waals surface area contributed by atoms with Crippen LogP contribution in [0.1, 0.15) is 39.4 Å². The van der Waals surface area contributed by atoms with Gasteiger partial charge in [0.15, 0.2) is 5.16 Å². The van der Waals surface area contributed by atoms with Crippen molar-refractivity contribution < 1.29 is 8.42 Å². The summed E-state index contributed by atoms with van der Waals surface area (Å²) in [5, 5.41) is 11.3. The van der Waals surface area contributed by atoms with E-state index >= 15 is 0 Å². The summed E-state index contributed by atoms with van der Waals surface area (Å²) in [5.74, 6) is 0.538. The molecule has 2 heterocycles. The third-order valence-electron chi connectivity index (χ3n) is 6.42. The average molecular weight is 502 g/mol. The Morgan fingerprint density at radius 2 is 1.63 bits per heavy atom. The molecule has 176 valence electrons. The van der Waals surface area contributed by atoms with E-state index in [1.165, 1.54) is 11.8 Å². The Kier molecular flexibility index (Phi) is 5.17. The van der Waals surface area contributed by atoms with Crippen molar-refractivity contribution in [2.75, 3.05) is 0 Å². The van der Waals surface area contributed by atoms with Gasteiger partial charge in [-0.15, -0.1) is 10.2 Å². The number of hydrogen-bond donors (Lipinski definition) is 1. The topological polar surface area (TPSA) is 89.2 Å². The minimum atomic E-state index is -3.76. The van der Waals surface area contributed by atoms with Crippen molar-refractivity contribution in [3.63, 3.8) is 0 Å². The van der Waals surface area contributed by atoms with E-state index in [1.54, 1.807) is 12.1 Å². The second-order valence-corrected chi connectivity index (χ2v) is 11.7. The first-order valence-electron chi connectivity index (χ1n) is 11.3. The summed E-state index contributed by atoms with van der Waals surface area (Å²) in [5.41, 5.74) is 4.90. The van der Waals surface area contributed by atoms with Gasteiger partial charge in [0.05, 0.1) is 16.2 Å². The molecule has 0 saturated heterocycles. The van der Waals surface area contributed by atoms with Gasteiger partial charge in [-0.25, -0.2) is 18.1 Å². The molecule has 0 bridgehead atoms. The minimum absolute atomic E-state index is 0.232. The van der Waals surface area contributed by atoms with Crippen LogP contribution in [-0.4, -0.2) is 28.0 Å². The van der Waals surface area contributed by atoms with Gasteiger partial charge in [-0.1, -0.05) is 65.9 Å². The number of hydrogen-bond acceptors (Lipinski definition) is 6. The van der Waals surface area contributed by atoms with E-state index in [-0.39, 0.29) is 10.1 Å². The van der Waals surface area contributed by atoms with Crippen LogP contribution < -0.4 is 4.72 Å². The van der Waals surface area contributed by atoms with Crippen molar-refractivity contribution in [1.82, 2.24) is 24.3 Å². The zero-order chi connectivity index (χ0) is 24.3. The number of aromatic nitrogens is 4. The quantitative estimate of drug-likeness (QED) is 0.362. The number of rotatable bonds is 5. The maximum atomic E-state index is 13.5. The zero-order valence-corrected chi connectivity index (χ0v) is 21.1. The Morgan fingerprint density at radius 1 is 0.914 bits per heavy atom. The van der Waals surface area contributed by atoms with Crippen LogP contribution in [0.15, 0.2) is 76.8 Å². The standard InChI is InChI=1S/C26H23N5O2S2/c1-15-10-12-19(13-11-15)35(32,33)30-23-20-8-4-6-18-7-5-9-21(22(18)20)24(23)34-26-29-28-25-27-16(2)14-17(3)31(25)26/h4-14,23-24,30H,1-3H3/t23-,24+/m0/s1. The van der Waals surface area contributed by atoms with Crippen LogP contribution in [0.4, 0.5) is 0 Å². The molecule has 2 atom stereocenters. The molecule has 5 aromatic rings. The summed E-state index contributed by atoms with van der Waals surface area (Å²) in [6.45, 7) is 5.86. The minimum Gasteiger partial charge on any atom is -0.259 e. The summed E-state index contributed by atoms with van der Waals surface area (Å²) in [6, 6.07) is 20.6. The Hall–Kier alpha value is -3.27. The number of nitrogens with zero attached hydrogens (tertiary/aromatic N) is 4. The molecule has 0 unspecified atom stereocenters. The average Bonchev–Trinajstić information content (AvgIpc) is 3.35. The largest absolute Gasteiger partial charge is 0.259 e. The van der Waals surface area contributed by atoms with E-state index in [0.717, 1.165) is 38.9 Å². The highest BCUT2D eigenvalue weighted by Gasteiger charge is 2.38. The van der Waals surface area contributed by atoms with Crippen LogP contribution in [0.2, 0.25) is 0 Å². The fourth-order valence-corrected chi connectivity index (χ4v) is 7.47. The predicted molar refractivity (Wildman–Crippen MR) is 137 cm³/mol. The van der Waals surface area contributed by atoms with Crippen LogP contribution in [0, 0.1) is 20.8 Å². The highest BCUT2D eigenvalue weighted by molar-refractivity contribution is 7.99. The molecule has 3 aromatic carbocycles. The maximum absolute atomic E-state index is 13.5. The molecule has 0 amide bonds. The van der Waals surface area contributed by atoms with Crippen molar-refractivity contribution in [2.45, 2.75) is 42.1 Å². The lowest BCUT2D eigenvalue weighted by Crippen LogP contribution is -2.30. The molecule has 0 fully saturated rings. The lowest BCUT2D eigenvalue weighted by Gasteiger charge is -2.22. The lowest BCUT2D eigenvalue weighted by molar-refractivity contribution is 0.557. The van der Waals surface area contributed by atoms with E-state index < -0.39 is 16.1 Å². The van der Waals surface area contributed by atoms with E-state index in [2.05, 4.69) is 38.1 Å². The van der Waals surface area contributed by atoms with E-state index in [0.29, 0.717) is 10.9 Å². The van der Waals surface area contributed by atoms with Crippen LogP contribution in [0.5, 0.6) is 0 Å². The first kappa shape index (κ1) is 22.2.